The van der Waals surface area contributed by atoms with E-state index in [1.807, 2.05) is 66.1 Å². The first-order valence-electron chi connectivity index (χ1n) is 11.2. The summed E-state index contributed by atoms with van der Waals surface area (Å²) in [4.78, 5) is 19.7. The van der Waals surface area contributed by atoms with Crippen molar-refractivity contribution in [3.63, 3.8) is 0 Å². The molecule has 1 amide bonds. The van der Waals surface area contributed by atoms with Crippen molar-refractivity contribution in [1.82, 2.24) is 18.8 Å². The first kappa shape index (κ1) is 21.6. The van der Waals surface area contributed by atoms with Crippen LogP contribution in [-0.2, 0) is 27.8 Å². The summed E-state index contributed by atoms with van der Waals surface area (Å²) < 4.78 is 29.9. The number of sulfonamides is 1. The Morgan fingerprint density at radius 2 is 1.61 bits per heavy atom. The Morgan fingerprint density at radius 1 is 0.909 bits per heavy atom. The summed E-state index contributed by atoms with van der Waals surface area (Å²) in [5.74, 6) is 0.859. The molecule has 170 valence electrons. The molecule has 4 aromatic rings. The smallest absolute Gasteiger partial charge is 0.243 e. The molecule has 33 heavy (non-hydrogen) atoms. The highest BCUT2D eigenvalue weighted by atomic mass is 32.2. The molecule has 0 aliphatic carbocycles. The second kappa shape index (κ2) is 8.61. The van der Waals surface area contributed by atoms with E-state index in [-0.39, 0.29) is 25.5 Å². The molecule has 7 nitrogen and oxygen atoms in total. The summed E-state index contributed by atoms with van der Waals surface area (Å²) >= 11 is 0. The molecular weight excluding hydrogens is 436 g/mol. The molecule has 1 aliphatic heterocycles. The van der Waals surface area contributed by atoms with E-state index >= 15 is 0 Å². The lowest BCUT2D eigenvalue weighted by Gasteiger charge is -2.34. The van der Waals surface area contributed by atoms with E-state index in [1.165, 1.54) is 4.31 Å². The third kappa shape index (κ3) is 4.00. The van der Waals surface area contributed by atoms with E-state index in [9.17, 15) is 13.2 Å². The van der Waals surface area contributed by atoms with Gasteiger partial charge in [-0.1, -0.05) is 49.4 Å². The minimum absolute atomic E-state index is 0.0180. The Bertz CT molecular complexity index is 1440. The number of imidazole rings is 1. The second-order valence-corrected chi connectivity index (χ2v) is 10.2. The molecule has 0 unspecified atom stereocenters. The third-order valence-corrected chi connectivity index (χ3v) is 8.19. The SMILES string of the molecule is CCc1nc2ccccc2n1CC(=O)N1CCN(S(=O)(=O)c2ccc3ccccc3c2)CC1. The van der Waals surface area contributed by atoms with Crippen molar-refractivity contribution < 1.29 is 13.2 Å². The predicted molar refractivity (Wildman–Crippen MR) is 128 cm³/mol. The first-order chi connectivity index (χ1) is 16.0. The molecule has 3 aromatic carbocycles. The monoisotopic (exact) mass is 462 g/mol. The van der Waals surface area contributed by atoms with E-state index in [4.69, 9.17) is 0 Å². The molecule has 1 saturated heterocycles. The minimum atomic E-state index is -3.61. The average Bonchev–Trinajstić information content (AvgIpc) is 3.21. The van der Waals surface area contributed by atoms with Crippen molar-refractivity contribution >= 4 is 37.7 Å². The standard InChI is InChI=1S/C25H26N4O3S/c1-2-24-26-22-9-5-6-10-23(22)29(24)18-25(30)27-13-15-28(16-14-27)33(31,32)21-12-11-19-7-3-4-8-20(19)17-21/h3-12,17H,2,13-16,18H2,1H3. The van der Waals surface area contributed by atoms with Gasteiger partial charge in [0.25, 0.3) is 0 Å². The highest BCUT2D eigenvalue weighted by Gasteiger charge is 2.30. The van der Waals surface area contributed by atoms with Crippen LogP contribution >= 0.6 is 0 Å². The van der Waals surface area contributed by atoms with Crippen molar-refractivity contribution in [2.45, 2.75) is 24.8 Å². The van der Waals surface area contributed by atoms with Crippen LogP contribution in [-0.4, -0.2) is 59.3 Å². The van der Waals surface area contributed by atoms with Crippen LogP contribution in [0.2, 0.25) is 0 Å². The van der Waals surface area contributed by atoms with Crippen molar-refractivity contribution in [2.24, 2.45) is 0 Å². The maximum atomic E-state index is 13.2. The number of piperazine rings is 1. The quantitative estimate of drug-likeness (QED) is 0.456. The van der Waals surface area contributed by atoms with Gasteiger partial charge in [-0.25, -0.2) is 13.4 Å². The summed E-state index contributed by atoms with van der Waals surface area (Å²) in [6.45, 7) is 3.55. The molecule has 0 N–H and O–H groups in total. The maximum Gasteiger partial charge on any atom is 0.243 e. The number of rotatable bonds is 5. The van der Waals surface area contributed by atoms with Crippen LogP contribution in [0.4, 0.5) is 0 Å². The van der Waals surface area contributed by atoms with Crippen LogP contribution < -0.4 is 0 Å². The van der Waals surface area contributed by atoms with Gasteiger partial charge in [0, 0.05) is 32.6 Å². The number of benzene rings is 3. The lowest BCUT2D eigenvalue weighted by atomic mass is 10.1. The van der Waals surface area contributed by atoms with Crippen LogP contribution in [0.25, 0.3) is 21.8 Å². The van der Waals surface area contributed by atoms with Crippen LogP contribution in [0.3, 0.4) is 0 Å². The number of aromatic nitrogens is 2. The van der Waals surface area contributed by atoms with Crippen LogP contribution in [0.1, 0.15) is 12.7 Å². The molecule has 1 fully saturated rings. The van der Waals surface area contributed by atoms with E-state index in [0.29, 0.717) is 18.0 Å². The lowest BCUT2D eigenvalue weighted by Crippen LogP contribution is -2.51. The molecule has 0 spiro atoms. The molecule has 0 bridgehead atoms. The van der Waals surface area contributed by atoms with Crippen molar-refractivity contribution in [2.75, 3.05) is 26.2 Å². The fraction of sp³-hybridized carbons (Fsp3) is 0.280. The fourth-order valence-electron chi connectivity index (χ4n) is 4.46. The Hall–Kier alpha value is -3.23. The number of para-hydroxylation sites is 2. The number of amides is 1. The Morgan fingerprint density at radius 3 is 2.36 bits per heavy atom. The van der Waals surface area contributed by atoms with Gasteiger partial charge in [-0.15, -0.1) is 0 Å². The van der Waals surface area contributed by atoms with E-state index in [2.05, 4.69) is 4.98 Å². The second-order valence-electron chi connectivity index (χ2n) is 8.25. The molecule has 0 atom stereocenters. The molecule has 5 rings (SSSR count). The number of carbonyl (C=O) groups excluding carboxylic acids is 1. The van der Waals surface area contributed by atoms with E-state index < -0.39 is 10.0 Å². The molecule has 0 radical (unpaired) electrons. The molecule has 8 heteroatoms. The summed E-state index contributed by atoms with van der Waals surface area (Å²) in [6, 6.07) is 20.7. The number of nitrogens with zero attached hydrogens (tertiary/aromatic N) is 4. The molecule has 1 aliphatic rings. The predicted octanol–water partition coefficient (Wildman–Crippen LogP) is 3.29. The average molecular weight is 463 g/mol. The lowest BCUT2D eigenvalue weighted by molar-refractivity contribution is -0.133. The van der Waals surface area contributed by atoms with Gasteiger partial charge in [0.05, 0.1) is 15.9 Å². The van der Waals surface area contributed by atoms with Gasteiger partial charge < -0.3 is 9.47 Å². The van der Waals surface area contributed by atoms with Gasteiger partial charge in [0.1, 0.15) is 12.4 Å². The van der Waals surface area contributed by atoms with Crippen molar-refractivity contribution in [3.05, 3.63) is 72.6 Å². The molecule has 1 aromatic heterocycles. The minimum Gasteiger partial charge on any atom is -0.339 e. The van der Waals surface area contributed by atoms with E-state index in [0.717, 1.165) is 34.1 Å². The first-order valence-corrected chi connectivity index (χ1v) is 12.6. The summed E-state index contributed by atoms with van der Waals surface area (Å²) in [6.07, 6.45) is 0.736. The van der Waals surface area contributed by atoms with Gasteiger partial charge >= 0.3 is 0 Å². The Kier molecular flexibility index (Phi) is 5.64. The zero-order chi connectivity index (χ0) is 23.0. The number of fused-ring (bicyclic) bond motifs is 2. The summed E-state index contributed by atoms with van der Waals surface area (Å²) in [5, 5.41) is 1.90. The fourth-order valence-corrected chi connectivity index (χ4v) is 5.92. The zero-order valence-electron chi connectivity index (χ0n) is 18.5. The van der Waals surface area contributed by atoms with Crippen LogP contribution in [0, 0.1) is 0 Å². The normalized spacial score (nSPS) is 15.4. The number of hydrogen-bond donors (Lipinski definition) is 0. The van der Waals surface area contributed by atoms with Crippen molar-refractivity contribution in [1.29, 1.82) is 0 Å². The van der Waals surface area contributed by atoms with Gasteiger partial charge in [-0.3, -0.25) is 4.79 Å². The van der Waals surface area contributed by atoms with Crippen LogP contribution in [0.15, 0.2) is 71.6 Å². The maximum absolute atomic E-state index is 13.2. The van der Waals surface area contributed by atoms with Gasteiger partial charge in [0.15, 0.2) is 0 Å². The van der Waals surface area contributed by atoms with Gasteiger partial charge in [-0.2, -0.15) is 4.31 Å². The Balaban J connectivity index is 1.29. The van der Waals surface area contributed by atoms with Gasteiger partial charge in [-0.05, 0) is 35.0 Å². The number of carbonyl (C=O) groups is 1. The number of aryl methyl sites for hydroxylation is 1. The van der Waals surface area contributed by atoms with E-state index in [1.54, 1.807) is 17.0 Å². The highest BCUT2D eigenvalue weighted by Crippen LogP contribution is 2.23. The highest BCUT2D eigenvalue weighted by molar-refractivity contribution is 7.89. The zero-order valence-corrected chi connectivity index (χ0v) is 19.3. The van der Waals surface area contributed by atoms with Crippen molar-refractivity contribution in [3.8, 4) is 0 Å². The largest absolute Gasteiger partial charge is 0.339 e. The van der Waals surface area contributed by atoms with Crippen LogP contribution in [0.5, 0.6) is 0 Å². The summed E-state index contributed by atoms with van der Waals surface area (Å²) in [5.41, 5.74) is 1.83. The Labute approximate surface area is 193 Å². The van der Waals surface area contributed by atoms with Gasteiger partial charge in [0.2, 0.25) is 15.9 Å². The topological polar surface area (TPSA) is 75.5 Å². The number of hydrogen-bond acceptors (Lipinski definition) is 4. The molecule has 0 saturated carbocycles. The molecular formula is C25H26N4O3S. The molecule has 2 heterocycles. The third-order valence-electron chi connectivity index (χ3n) is 6.29. The summed E-state index contributed by atoms with van der Waals surface area (Å²) in [7, 11) is -3.61.